The first-order valence-electron chi connectivity index (χ1n) is 24.1. The summed E-state index contributed by atoms with van der Waals surface area (Å²) in [6, 6.07) is 0. The molecule has 11 heteroatoms. The largest absolute Gasteiger partial charge is 0.472 e. The van der Waals surface area contributed by atoms with Crippen molar-refractivity contribution in [1.29, 1.82) is 0 Å². The second-order valence-electron chi connectivity index (χ2n) is 16.5. The molecule has 0 aromatic heterocycles. The smallest absolute Gasteiger partial charge is 0.462 e. The first-order valence-corrected chi connectivity index (χ1v) is 25.6. The van der Waals surface area contributed by atoms with Crippen molar-refractivity contribution in [2.45, 2.75) is 251 Å². The van der Waals surface area contributed by atoms with E-state index >= 15 is 0 Å². The van der Waals surface area contributed by atoms with E-state index in [1.807, 2.05) is 0 Å². The molecule has 58 heavy (non-hydrogen) atoms. The Bertz CT molecular complexity index is 977. The summed E-state index contributed by atoms with van der Waals surface area (Å²) in [5.74, 6) is -0.915. The summed E-state index contributed by atoms with van der Waals surface area (Å²) in [7, 11) is -4.62. The van der Waals surface area contributed by atoms with Crippen LogP contribution in [0.5, 0.6) is 0 Å². The van der Waals surface area contributed by atoms with E-state index in [4.69, 9.17) is 23.6 Å². The molecule has 3 atom stereocenters. The van der Waals surface area contributed by atoms with E-state index in [0.29, 0.717) is 12.8 Å². The number of allylic oxidation sites excluding steroid dienone is 2. The fourth-order valence-electron chi connectivity index (χ4n) is 6.93. The number of unbranched alkanes of at least 4 members (excludes halogenated alkanes) is 30. The van der Waals surface area contributed by atoms with Crippen LogP contribution in [0, 0.1) is 0 Å². The number of carbonyl (C=O) groups is 2. The van der Waals surface area contributed by atoms with Crippen molar-refractivity contribution in [3.8, 4) is 0 Å². The Kier molecular flexibility index (Phi) is 42.8. The molecular weight excluding hydrogens is 755 g/mol. The van der Waals surface area contributed by atoms with Crippen molar-refractivity contribution in [3.63, 3.8) is 0 Å². The van der Waals surface area contributed by atoms with Crippen LogP contribution in [0.25, 0.3) is 0 Å². The van der Waals surface area contributed by atoms with Gasteiger partial charge in [0.25, 0.3) is 0 Å². The number of hydrogen-bond acceptors (Lipinski definition) is 9. The SMILES string of the molecule is CCCCCCCC/C=C/CCCCCCCCCC(=O)O[C@H](COC(=O)CCCCCCCCCCCCCCCCCCCC)COP(=O)(O)OC[C@@H](O)CO. The predicted molar refractivity (Wildman–Crippen MR) is 238 cm³/mol. The van der Waals surface area contributed by atoms with Gasteiger partial charge in [-0.25, -0.2) is 4.57 Å². The molecule has 1 unspecified atom stereocenters. The number of carbonyl (C=O) groups excluding carboxylic acids is 2. The standard InChI is InChI=1S/C47H91O10P/c1-3-5-7-9-11-13-15-17-19-21-23-24-26-28-30-32-34-36-38-46(50)54-42-45(43-56-58(52,53)55-41-44(49)40-48)57-47(51)39-37-35-33-31-29-27-25-22-20-18-16-14-12-10-8-6-4-2/h18,20,44-45,48-49H,3-17,19,21-43H2,1-2H3,(H,52,53)/b20-18+/t44-,45+/m0/s1. The van der Waals surface area contributed by atoms with Crippen molar-refractivity contribution in [2.75, 3.05) is 26.4 Å². The van der Waals surface area contributed by atoms with Crippen LogP contribution >= 0.6 is 7.82 Å². The molecule has 0 aliphatic heterocycles. The molecule has 0 bridgehead atoms. The average Bonchev–Trinajstić information content (AvgIpc) is 3.21. The maximum absolute atomic E-state index is 12.6. The second-order valence-corrected chi connectivity index (χ2v) is 17.9. The highest BCUT2D eigenvalue weighted by Crippen LogP contribution is 2.43. The van der Waals surface area contributed by atoms with Gasteiger partial charge in [0, 0.05) is 12.8 Å². The van der Waals surface area contributed by atoms with Crippen LogP contribution in [-0.4, -0.2) is 65.7 Å². The van der Waals surface area contributed by atoms with Crippen LogP contribution in [0.15, 0.2) is 12.2 Å². The van der Waals surface area contributed by atoms with Crippen molar-refractivity contribution in [2.24, 2.45) is 0 Å². The molecule has 0 rings (SSSR count). The number of ether oxygens (including phenoxy) is 2. The maximum atomic E-state index is 12.6. The number of phosphoric acid groups is 1. The Morgan fingerprint density at radius 1 is 0.500 bits per heavy atom. The number of aliphatic hydroxyl groups excluding tert-OH is 2. The molecule has 0 aromatic rings. The first-order chi connectivity index (χ1) is 28.2. The molecule has 0 aliphatic rings. The third kappa shape index (κ3) is 42.8. The number of esters is 2. The van der Waals surface area contributed by atoms with Gasteiger partial charge in [0.05, 0.1) is 19.8 Å². The zero-order chi connectivity index (χ0) is 42.6. The highest BCUT2D eigenvalue weighted by molar-refractivity contribution is 7.47. The molecule has 3 N–H and O–H groups in total. The van der Waals surface area contributed by atoms with Crippen LogP contribution in [-0.2, 0) is 32.7 Å². The lowest BCUT2D eigenvalue weighted by Crippen LogP contribution is -2.29. The topological polar surface area (TPSA) is 149 Å². The Morgan fingerprint density at radius 2 is 0.845 bits per heavy atom. The van der Waals surface area contributed by atoms with Gasteiger partial charge in [-0.3, -0.25) is 18.6 Å². The van der Waals surface area contributed by atoms with Gasteiger partial charge < -0.3 is 24.6 Å². The molecule has 10 nitrogen and oxygen atoms in total. The summed E-state index contributed by atoms with van der Waals surface area (Å²) in [6.07, 6.45) is 43.1. The normalized spacial score (nSPS) is 13.8. The van der Waals surface area contributed by atoms with Gasteiger partial charge in [0.1, 0.15) is 12.7 Å². The van der Waals surface area contributed by atoms with E-state index in [-0.39, 0.29) is 19.4 Å². The molecule has 0 fully saturated rings. The van der Waals surface area contributed by atoms with Crippen molar-refractivity contribution in [1.82, 2.24) is 0 Å². The Labute approximate surface area is 356 Å². The average molecular weight is 847 g/mol. The fraction of sp³-hybridized carbons (Fsp3) is 0.915. The van der Waals surface area contributed by atoms with Gasteiger partial charge in [0.15, 0.2) is 6.10 Å². The molecule has 0 heterocycles. The second kappa shape index (κ2) is 43.8. The van der Waals surface area contributed by atoms with Crippen LogP contribution < -0.4 is 0 Å². The van der Waals surface area contributed by atoms with E-state index in [1.165, 1.54) is 154 Å². The van der Waals surface area contributed by atoms with Crippen molar-refractivity contribution in [3.05, 3.63) is 12.2 Å². The monoisotopic (exact) mass is 847 g/mol. The molecule has 0 aromatic carbocycles. The molecule has 0 saturated carbocycles. The van der Waals surface area contributed by atoms with E-state index in [9.17, 15) is 24.2 Å². The third-order valence-electron chi connectivity index (χ3n) is 10.7. The third-order valence-corrected chi connectivity index (χ3v) is 11.6. The minimum atomic E-state index is -4.62. The summed E-state index contributed by atoms with van der Waals surface area (Å²) < 4.78 is 32.8. The Hall–Kier alpha value is -1.29. The molecule has 0 radical (unpaired) electrons. The lowest BCUT2D eigenvalue weighted by atomic mass is 10.0. The van der Waals surface area contributed by atoms with Gasteiger partial charge in [-0.05, 0) is 38.5 Å². The fourth-order valence-corrected chi connectivity index (χ4v) is 7.72. The molecule has 344 valence electrons. The number of rotatable bonds is 46. The van der Waals surface area contributed by atoms with Crippen LogP contribution in [0.4, 0.5) is 0 Å². The summed E-state index contributed by atoms with van der Waals surface area (Å²) in [4.78, 5) is 35.1. The van der Waals surface area contributed by atoms with Gasteiger partial charge >= 0.3 is 19.8 Å². The molecule has 0 saturated heterocycles. The number of hydrogen-bond donors (Lipinski definition) is 3. The molecule has 0 amide bonds. The van der Waals surface area contributed by atoms with Crippen LogP contribution in [0.1, 0.15) is 239 Å². The summed E-state index contributed by atoms with van der Waals surface area (Å²) in [6.45, 7) is 2.42. The van der Waals surface area contributed by atoms with Gasteiger partial charge in [0.2, 0.25) is 0 Å². The van der Waals surface area contributed by atoms with Gasteiger partial charge in [-0.15, -0.1) is 0 Å². The van der Waals surface area contributed by atoms with Crippen LogP contribution in [0.3, 0.4) is 0 Å². The quantitative estimate of drug-likeness (QED) is 0.0234. The molecule has 0 spiro atoms. The summed E-state index contributed by atoms with van der Waals surface area (Å²) >= 11 is 0. The van der Waals surface area contributed by atoms with Crippen molar-refractivity contribution < 1.29 is 47.8 Å². The summed E-state index contributed by atoms with van der Waals surface area (Å²) in [5, 5.41) is 18.4. The minimum Gasteiger partial charge on any atom is -0.462 e. The Balaban J connectivity index is 4.19. The summed E-state index contributed by atoms with van der Waals surface area (Å²) in [5.41, 5.74) is 0. The maximum Gasteiger partial charge on any atom is 0.472 e. The predicted octanol–water partition coefficient (Wildman–Crippen LogP) is 13.2. The van der Waals surface area contributed by atoms with Gasteiger partial charge in [-0.2, -0.15) is 0 Å². The van der Waals surface area contributed by atoms with E-state index < -0.39 is 51.8 Å². The zero-order valence-electron chi connectivity index (χ0n) is 37.5. The number of aliphatic hydroxyl groups is 2. The van der Waals surface area contributed by atoms with Crippen molar-refractivity contribution >= 4 is 19.8 Å². The zero-order valence-corrected chi connectivity index (χ0v) is 38.4. The highest BCUT2D eigenvalue weighted by Gasteiger charge is 2.27. The van der Waals surface area contributed by atoms with E-state index in [1.54, 1.807) is 0 Å². The molecule has 0 aliphatic carbocycles. The number of phosphoric ester groups is 1. The lowest BCUT2D eigenvalue weighted by Gasteiger charge is -2.20. The molecular formula is C47H91O10P. The van der Waals surface area contributed by atoms with Crippen LogP contribution in [0.2, 0.25) is 0 Å². The lowest BCUT2D eigenvalue weighted by molar-refractivity contribution is -0.161. The Morgan fingerprint density at radius 3 is 1.24 bits per heavy atom. The minimum absolute atomic E-state index is 0.184. The van der Waals surface area contributed by atoms with E-state index in [0.717, 1.165) is 44.9 Å². The highest BCUT2D eigenvalue weighted by atomic mass is 31.2. The van der Waals surface area contributed by atoms with E-state index in [2.05, 4.69) is 26.0 Å². The first kappa shape index (κ1) is 56.7. The van der Waals surface area contributed by atoms with Gasteiger partial charge in [-0.1, -0.05) is 199 Å².